The van der Waals surface area contributed by atoms with E-state index in [0.717, 1.165) is 57.5 Å². The zero-order valence-electron chi connectivity index (χ0n) is 38.1. The Labute approximate surface area is 383 Å². The average molecular weight is 922 g/mol. The number of benzene rings is 4. The summed E-state index contributed by atoms with van der Waals surface area (Å²) in [6.45, 7) is 14.4. The van der Waals surface area contributed by atoms with Gasteiger partial charge in [-0.3, -0.25) is 14.0 Å². The molecule has 1 saturated heterocycles. The summed E-state index contributed by atoms with van der Waals surface area (Å²) in [4.78, 5) is 19.1. The molecule has 1 saturated carbocycles. The lowest BCUT2D eigenvalue weighted by atomic mass is 9.81. The Balaban J connectivity index is 1.21. The molecule has 4 aliphatic rings. The van der Waals surface area contributed by atoms with E-state index in [-0.39, 0.29) is 24.0 Å². The van der Waals surface area contributed by atoms with Crippen LogP contribution in [-0.4, -0.2) is 105 Å². The number of hydrogen-bond donors (Lipinski definition) is 2. The van der Waals surface area contributed by atoms with E-state index in [4.69, 9.17) is 4.74 Å². The molecule has 344 valence electrons. The van der Waals surface area contributed by atoms with Crippen molar-refractivity contribution in [2.45, 2.75) is 77.6 Å². The molecule has 0 unspecified atom stereocenters. The largest absolute Gasteiger partial charge is 0.450 e. The number of fused-ring (bicyclic) bond motifs is 6. The molecule has 12 nitrogen and oxygen atoms in total. The van der Waals surface area contributed by atoms with Crippen molar-refractivity contribution in [3.05, 3.63) is 131 Å². The molecule has 0 atom stereocenters. The topological polar surface area (TPSA) is 148 Å². The lowest BCUT2D eigenvalue weighted by Gasteiger charge is -2.27. The molecule has 3 aliphatic heterocycles. The minimum absolute atomic E-state index is 0.256. The van der Waals surface area contributed by atoms with Crippen LogP contribution in [-0.2, 0) is 35.8 Å². The van der Waals surface area contributed by atoms with Crippen molar-refractivity contribution in [2.24, 2.45) is 0 Å². The number of nitrogens with zero attached hydrogens (tertiary/aromatic N) is 4. The molecule has 4 aromatic carbocycles. The maximum absolute atomic E-state index is 12.8. The van der Waals surface area contributed by atoms with E-state index >= 15 is 0 Å². The Hall–Kier alpha value is -5.28. The van der Waals surface area contributed by atoms with Gasteiger partial charge in [-0.2, -0.15) is 16.8 Å². The Morgan fingerprint density at radius 3 is 1.60 bits per heavy atom. The second-order valence-corrected chi connectivity index (χ2v) is 21.7. The van der Waals surface area contributed by atoms with Crippen molar-refractivity contribution in [1.82, 2.24) is 4.90 Å². The molecule has 65 heavy (non-hydrogen) atoms. The molecule has 0 aromatic heterocycles. The summed E-state index contributed by atoms with van der Waals surface area (Å²) >= 11 is 0. The number of amides is 1. The smallest absolute Gasteiger partial charge is 0.410 e. The van der Waals surface area contributed by atoms with Gasteiger partial charge in [0.25, 0.3) is 20.2 Å². The predicted octanol–water partition coefficient (Wildman–Crippen LogP) is 9.17. The lowest BCUT2D eigenvalue weighted by Crippen LogP contribution is -2.47. The van der Waals surface area contributed by atoms with E-state index in [9.17, 15) is 30.7 Å². The highest BCUT2D eigenvalue weighted by Gasteiger charge is 2.43. The van der Waals surface area contributed by atoms with Crippen LogP contribution in [0.1, 0.15) is 77.8 Å². The zero-order valence-corrected chi connectivity index (χ0v) is 39.7. The number of rotatable bonds is 12. The predicted molar refractivity (Wildman–Crippen MR) is 260 cm³/mol. The highest BCUT2D eigenvalue weighted by atomic mass is 32.2. The van der Waals surface area contributed by atoms with E-state index in [1.807, 2.05) is 25.1 Å². The van der Waals surface area contributed by atoms with E-state index in [0.29, 0.717) is 58.7 Å². The van der Waals surface area contributed by atoms with E-state index in [1.165, 1.54) is 27.7 Å². The molecule has 2 fully saturated rings. The fourth-order valence-corrected chi connectivity index (χ4v) is 11.7. The third-order valence-electron chi connectivity index (χ3n) is 13.6. The first kappa shape index (κ1) is 46.3. The summed E-state index contributed by atoms with van der Waals surface area (Å²) in [5, 5.41) is 4.61. The highest BCUT2D eigenvalue weighted by Crippen LogP contribution is 2.52. The summed E-state index contributed by atoms with van der Waals surface area (Å²) < 4.78 is 74.0. The summed E-state index contributed by atoms with van der Waals surface area (Å²) in [5.74, 6) is -0.617. The lowest BCUT2D eigenvalue weighted by molar-refractivity contribution is -0.537. The number of anilines is 2. The van der Waals surface area contributed by atoms with E-state index in [1.54, 1.807) is 4.90 Å². The zero-order chi connectivity index (χ0) is 46.3. The van der Waals surface area contributed by atoms with Crippen molar-refractivity contribution in [2.75, 3.05) is 67.2 Å². The second-order valence-electron chi connectivity index (χ2n) is 18.6. The van der Waals surface area contributed by atoms with Crippen molar-refractivity contribution < 1.29 is 40.0 Å². The maximum Gasteiger partial charge on any atom is 0.410 e. The molecule has 0 radical (unpaired) electrons. The van der Waals surface area contributed by atoms with Crippen molar-refractivity contribution >= 4 is 65.0 Å². The van der Waals surface area contributed by atoms with Gasteiger partial charge in [0.15, 0.2) is 13.1 Å². The number of ether oxygens (including phenoxy) is 1. The van der Waals surface area contributed by atoms with Crippen LogP contribution in [0.5, 0.6) is 0 Å². The van der Waals surface area contributed by atoms with Gasteiger partial charge in [-0.15, -0.1) is 0 Å². The fraction of sp³-hybridized carbons (Fsp3) is 0.412. The Kier molecular flexibility index (Phi) is 12.9. The third-order valence-corrected chi connectivity index (χ3v) is 15.2. The first-order valence-corrected chi connectivity index (χ1v) is 26.0. The van der Waals surface area contributed by atoms with Gasteiger partial charge in [0, 0.05) is 57.8 Å². The third kappa shape index (κ3) is 9.41. The van der Waals surface area contributed by atoms with Gasteiger partial charge in [-0.05, 0) is 96.0 Å². The van der Waals surface area contributed by atoms with Gasteiger partial charge in [-0.1, -0.05) is 101 Å². The second kappa shape index (κ2) is 18.2. The molecular formula is C51H61N4O8S2+. The minimum atomic E-state index is -4.14. The monoisotopic (exact) mass is 921 g/mol. The van der Waals surface area contributed by atoms with Gasteiger partial charge in [0.05, 0.1) is 31.2 Å². The Morgan fingerprint density at radius 2 is 1.12 bits per heavy atom. The molecule has 0 bridgehead atoms. The van der Waals surface area contributed by atoms with Gasteiger partial charge in [0.2, 0.25) is 5.71 Å². The molecule has 8 rings (SSSR count). The van der Waals surface area contributed by atoms with Gasteiger partial charge in [-0.25, -0.2) is 9.37 Å². The van der Waals surface area contributed by atoms with Crippen LogP contribution in [0.2, 0.25) is 0 Å². The highest BCUT2D eigenvalue weighted by molar-refractivity contribution is 7.86. The number of allylic oxidation sites excluding steroid dienone is 8. The van der Waals surface area contributed by atoms with Crippen molar-refractivity contribution in [3.8, 4) is 0 Å². The van der Waals surface area contributed by atoms with Crippen LogP contribution in [0, 0.1) is 0 Å². The van der Waals surface area contributed by atoms with Crippen molar-refractivity contribution in [3.63, 3.8) is 0 Å². The first-order valence-electron chi connectivity index (χ1n) is 22.8. The van der Waals surface area contributed by atoms with Crippen LogP contribution in [0.15, 0.2) is 120 Å². The number of carbonyl (C=O) groups excluding carboxylic acids is 1. The van der Waals surface area contributed by atoms with E-state index in [2.05, 4.69) is 121 Å². The number of carbonyl (C=O) groups is 1. The quantitative estimate of drug-likeness (QED) is 0.0801. The number of unbranched alkanes of at least 4 members (excludes halogenated alkanes) is 1. The van der Waals surface area contributed by atoms with Crippen LogP contribution >= 0.6 is 0 Å². The van der Waals surface area contributed by atoms with Gasteiger partial charge < -0.3 is 14.5 Å². The SMILES string of the molecule is CCOC(=O)N1CC[N+](=C2C(=CC=C3N(CCCCS(=O)(=O)O)c4ccc5ccccc5c4C3(C)C)CCC2=CC=C2N(CCCS(=O)(=O)O)c3ccc4ccccc4c3C2(C)C)CC1. The normalized spacial score (nSPS) is 20.9. The van der Waals surface area contributed by atoms with Gasteiger partial charge >= 0.3 is 6.09 Å². The van der Waals surface area contributed by atoms with Gasteiger partial charge in [0.1, 0.15) is 0 Å². The number of hydrogen-bond acceptors (Lipinski definition) is 8. The molecule has 1 amide bonds. The molecule has 1 aliphatic carbocycles. The van der Waals surface area contributed by atoms with E-state index < -0.39 is 31.1 Å². The minimum Gasteiger partial charge on any atom is -0.450 e. The van der Waals surface area contributed by atoms with Crippen LogP contribution in [0.3, 0.4) is 0 Å². The Bertz CT molecular complexity index is 2920. The van der Waals surface area contributed by atoms with Crippen molar-refractivity contribution in [1.29, 1.82) is 0 Å². The molecule has 3 heterocycles. The molecule has 4 aromatic rings. The average Bonchev–Trinajstić information content (AvgIpc) is 3.84. The molecule has 0 spiro atoms. The summed E-state index contributed by atoms with van der Waals surface area (Å²) in [6, 6.07) is 25.3. The molecule has 2 N–H and O–H groups in total. The molecular weight excluding hydrogens is 861 g/mol. The van der Waals surface area contributed by atoms with Crippen LogP contribution in [0.4, 0.5) is 16.2 Å². The standard InChI is InChI=1S/C51H60N4O8S2/c1-6-63-49(56)53-32-30-52(31-33-53)48-38(22-26-44-50(2,3)46-40-16-9-7-14-36(40)20-24-42(46)54(44)28-11-12-34-64(57,58)59)18-19-39(48)23-27-45-51(4,5)47-41-17-10-8-15-37(41)21-25-43(47)55(45)29-13-35-65(60,61)62/h7-10,14-17,20-27H,6,11-13,18-19,28-35H2,1-5H3,(H-,57,58,59,60,61,62)/p+1. The number of piperazine rings is 1. The van der Waals surface area contributed by atoms with Crippen LogP contribution in [0.25, 0.3) is 21.5 Å². The summed E-state index contributed by atoms with van der Waals surface area (Å²) in [5.41, 5.74) is 9.33. The Morgan fingerprint density at radius 1 is 0.662 bits per heavy atom. The first-order chi connectivity index (χ1) is 30.9. The maximum atomic E-state index is 12.8. The summed E-state index contributed by atoms with van der Waals surface area (Å²) in [6.07, 6.45) is 11.4. The van der Waals surface area contributed by atoms with Crippen LogP contribution < -0.4 is 9.80 Å². The fourth-order valence-electron chi connectivity index (χ4n) is 10.6. The molecule has 14 heteroatoms. The summed E-state index contributed by atoms with van der Waals surface area (Å²) in [7, 11) is -8.22.